The van der Waals surface area contributed by atoms with E-state index in [0.29, 0.717) is 0 Å². The molecule has 2 heteroatoms. The normalized spacial score (nSPS) is 24.6. The van der Waals surface area contributed by atoms with Gasteiger partial charge in [0, 0.05) is 6.42 Å². The molecule has 1 N–H and O–H groups in total. The lowest BCUT2D eigenvalue weighted by atomic mass is 9.98. The van der Waals surface area contributed by atoms with E-state index in [4.69, 9.17) is 4.74 Å². The summed E-state index contributed by atoms with van der Waals surface area (Å²) in [7, 11) is 0. The largest absolute Gasteiger partial charge is 0.485 e. The molecule has 0 saturated heterocycles. The van der Waals surface area contributed by atoms with E-state index in [2.05, 4.69) is 26.0 Å². The fraction of sp³-hybridized carbons (Fsp3) is 0.500. The zero-order chi connectivity index (χ0) is 10.3. The van der Waals surface area contributed by atoms with E-state index < -0.39 is 5.60 Å². The van der Waals surface area contributed by atoms with Gasteiger partial charge < -0.3 is 9.84 Å². The summed E-state index contributed by atoms with van der Waals surface area (Å²) in [5.74, 6) is 0.935. The highest BCUT2D eigenvalue weighted by molar-refractivity contribution is 5.45. The first-order valence-corrected chi connectivity index (χ1v) is 4.94. The zero-order valence-corrected chi connectivity index (χ0v) is 8.92. The van der Waals surface area contributed by atoms with Crippen molar-refractivity contribution in [1.82, 2.24) is 0 Å². The van der Waals surface area contributed by atoms with E-state index in [0.717, 1.165) is 12.2 Å². The van der Waals surface area contributed by atoms with Crippen molar-refractivity contribution in [2.24, 2.45) is 0 Å². The van der Waals surface area contributed by atoms with Crippen molar-refractivity contribution in [3.05, 3.63) is 28.8 Å². The van der Waals surface area contributed by atoms with Crippen LogP contribution in [0.15, 0.2) is 12.1 Å². The summed E-state index contributed by atoms with van der Waals surface area (Å²) >= 11 is 0. The predicted molar refractivity (Wildman–Crippen MR) is 55.7 cm³/mol. The Morgan fingerprint density at radius 3 is 2.64 bits per heavy atom. The fourth-order valence-corrected chi connectivity index (χ4v) is 1.88. The van der Waals surface area contributed by atoms with Gasteiger partial charge in [0.15, 0.2) is 0 Å². The van der Waals surface area contributed by atoms with Crippen LogP contribution in [0.5, 0.6) is 5.75 Å². The average molecular weight is 192 g/mol. The minimum absolute atomic E-state index is 0.0692. The van der Waals surface area contributed by atoms with Crippen molar-refractivity contribution >= 4 is 0 Å². The van der Waals surface area contributed by atoms with Gasteiger partial charge in [0.25, 0.3) is 0 Å². The topological polar surface area (TPSA) is 29.5 Å². The molecule has 2 nitrogen and oxygen atoms in total. The number of benzene rings is 1. The van der Waals surface area contributed by atoms with Gasteiger partial charge in [0.2, 0.25) is 0 Å². The molecule has 1 aromatic rings. The van der Waals surface area contributed by atoms with Crippen molar-refractivity contribution in [3.63, 3.8) is 0 Å². The van der Waals surface area contributed by atoms with E-state index in [1.807, 2.05) is 6.92 Å². The molecule has 0 bridgehead atoms. The molecule has 1 heterocycles. The van der Waals surface area contributed by atoms with Crippen molar-refractivity contribution in [2.45, 2.75) is 32.8 Å². The van der Waals surface area contributed by atoms with E-state index in [-0.39, 0.29) is 6.61 Å². The highest BCUT2D eigenvalue weighted by Gasteiger charge is 2.34. The Bertz CT molecular complexity index is 338. The van der Waals surface area contributed by atoms with E-state index in [1.54, 1.807) is 0 Å². The van der Waals surface area contributed by atoms with Gasteiger partial charge in [-0.15, -0.1) is 0 Å². The Morgan fingerprint density at radius 1 is 1.36 bits per heavy atom. The molecule has 1 aliphatic heterocycles. The fourth-order valence-electron chi connectivity index (χ4n) is 1.88. The predicted octanol–water partition coefficient (Wildman–Crippen LogP) is 1.99. The maximum absolute atomic E-state index is 9.21. The molecule has 0 spiro atoms. The maximum Gasteiger partial charge on any atom is 0.133 e. The van der Waals surface area contributed by atoms with Crippen molar-refractivity contribution in [2.75, 3.05) is 6.61 Å². The van der Waals surface area contributed by atoms with Gasteiger partial charge in [-0.25, -0.2) is 0 Å². The number of hydrogen-bond acceptors (Lipinski definition) is 2. The molecule has 76 valence electrons. The Labute approximate surface area is 84.5 Å². The number of fused-ring (bicyclic) bond motifs is 1. The third kappa shape index (κ3) is 1.40. The molecule has 0 aromatic heterocycles. The van der Waals surface area contributed by atoms with Crippen LogP contribution < -0.4 is 4.74 Å². The summed E-state index contributed by atoms with van der Waals surface area (Å²) in [4.78, 5) is 0. The monoisotopic (exact) mass is 192 g/mol. The lowest BCUT2D eigenvalue weighted by Crippen LogP contribution is -2.34. The Balaban J connectivity index is 2.41. The molecule has 0 fully saturated rings. The van der Waals surface area contributed by atoms with Crippen LogP contribution in [0.25, 0.3) is 0 Å². The van der Waals surface area contributed by atoms with Crippen molar-refractivity contribution in [1.29, 1.82) is 0 Å². The number of aryl methyl sites for hydroxylation is 2. The first kappa shape index (κ1) is 9.53. The highest BCUT2D eigenvalue weighted by Crippen LogP contribution is 2.36. The van der Waals surface area contributed by atoms with Gasteiger partial charge in [-0.1, -0.05) is 6.07 Å². The van der Waals surface area contributed by atoms with Crippen LogP contribution in [-0.4, -0.2) is 17.3 Å². The van der Waals surface area contributed by atoms with Crippen LogP contribution in [0.2, 0.25) is 0 Å². The minimum atomic E-state index is -0.414. The molecular weight excluding hydrogens is 176 g/mol. The number of rotatable bonds is 1. The number of aliphatic hydroxyl groups is 1. The van der Waals surface area contributed by atoms with Gasteiger partial charge in [-0.05, 0) is 43.5 Å². The molecule has 0 aliphatic carbocycles. The highest BCUT2D eigenvalue weighted by atomic mass is 16.5. The Kier molecular flexibility index (Phi) is 2.04. The SMILES string of the molecule is Cc1cc2c(cc1C)OC(C)(CO)C2. The standard InChI is InChI=1S/C12H16O2/c1-8-4-10-6-12(3,7-13)14-11(10)5-9(8)2/h4-5,13H,6-7H2,1-3H3. The molecule has 0 amide bonds. The summed E-state index contributed by atoms with van der Waals surface area (Å²) in [5, 5.41) is 9.21. The molecule has 1 atom stereocenters. The Hall–Kier alpha value is -1.02. The molecule has 1 aromatic carbocycles. The van der Waals surface area contributed by atoms with Gasteiger partial charge in [0.1, 0.15) is 11.4 Å². The lowest BCUT2D eigenvalue weighted by Gasteiger charge is -2.20. The third-order valence-corrected chi connectivity index (χ3v) is 2.93. The number of aliphatic hydroxyl groups excluding tert-OH is 1. The average Bonchev–Trinajstić information content (AvgIpc) is 2.43. The van der Waals surface area contributed by atoms with Gasteiger partial charge >= 0.3 is 0 Å². The Morgan fingerprint density at radius 2 is 2.00 bits per heavy atom. The molecule has 14 heavy (non-hydrogen) atoms. The van der Waals surface area contributed by atoms with Gasteiger partial charge in [-0.3, -0.25) is 0 Å². The second-order valence-electron chi connectivity index (χ2n) is 4.43. The van der Waals surface area contributed by atoms with E-state index in [1.165, 1.54) is 16.7 Å². The zero-order valence-electron chi connectivity index (χ0n) is 8.92. The van der Waals surface area contributed by atoms with Crippen LogP contribution >= 0.6 is 0 Å². The van der Waals surface area contributed by atoms with E-state index in [9.17, 15) is 5.11 Å². The number of hydrogen-bond donors (Lipinski definition) is 1. The first-order valence-electron chi connectivity index (χ1n) is 4.94. The van der Waals surface area contributed by atoms with Crippen LogP contribution in [0.1, 0.15) is 23.6 Å². The van der Waals surface area contributed by atoms with Crippen LogP contribution in [-0.2, 0) is 6.42 Å². The van der Waals surface area contributed by atoms with E-state index >= 15 is 0 Å². The first-order chi connectivity index (χ1) is 6.54. The second-order valence-corrected chi connectivity index (χ2v) is 4.43. The van der Waals surface area contributed by atoms with Crippen molar-refractivity contribution in [3.8, 4) is 5.75 Å². The molecular formula is C12H16O2. The number of ether oxygens (including phenoxy) is 1. The molecule has 2 rings (SSSR count). The molecule has 0 radical (unpaired) electrons. The lowest BCUT2D eigenvalue weighted by molar-refractivity contribution is 0.0446. The van der Waals surface area contributed by atoms with Gasteiger partial charge in [-0.2, -0.15) is 0 Å². The molecule has 0 saturated carbocycles. The molecule has 1 aliphatic rings. The smallest absolute Gasteiger partial charge is 0.133 e. The quantitative estimate of drug-likeness (QED) is 0.737. The molecule has 1 unspecified atom stereocenters. The van der Waals surface area contributed by atoms with Crippen LogP contribution in [0, 0.1) is 13.8 Å². The summed E-state index contributed by atoms with van der Waals surface area (Å²) in [6, 6.07) is 4.22. The third-order valence-electron chi connectivity index (χ3n) is 2.93. The summed E-state index contributed by atoms with van der Waals surface area (Å²) in [6.45, 7) is 6.19. The summed E-state index contributed by atoms with van der Waals surface area (Å²) in [6.07, 6.45) is 0.806. The van der Waals surface area contributed by atoms with Crippen LogP contribution in [0.3, 0.4) is 0 Å². The van der Waals surface area contributed by atoms with Crippen LogP contribution in [0.4, 0.5) is 0 Å². The summed E-state index contributed by atoms with van der Waals surface area (Å²) < 4.78 is 5.73. The van der Waals surface area contributed by atoms with Gasteiger partial charge in [0.05, 0.1) is 6.61 Å². The minimum Gasteiger partial charge on any atom is -0.485 e. The van der Waals surface area contributed by atoms with Crippen molar-refractivity contribution < 1.29 is 9.84 Å². The maximum atomic E-state index is 9.21. The second kappa shape index (κ2) is 2.99. The summed E-state index contributed by atoms with van der Waals surface area (Å²) in [5.41, 5.74) is 3.33.